The van der Waals surface area contributed by atoms with Gasteiger partial charge in [-0.3, -0.25) is 0 Å². The van der Waals surface area contributed by atoms with Crippen molar-refractivity contribution in [1.82, 2.24) is 0 Å². The van der Waals surface area contributed by atoms with Gasteiger partial charge in [-0.15, -0.1) is 0 Å². The number of rotatable bonds is 0. The molecule has 0 saturated heterocycles. The third-order valence-electron chi connectivity index (χ3n) is 4.35. The van der Waals surface area contributed by atoms with Crippen molar-refractivity contribution in [3.05, 3.63) is 0 Å². The minimum Gasteiger partial charge on any atom is -0.388 e. The molecule has 4 fully saturated rings. The van der Waals surface area contributed by atoms with Gasteiger partial charge in [0.1, 0.15) is 0 Å². The Morgan fingerprint density at radius 1 is 1.08 bits per heavy atom. The number of aliphatic hydroxyl groups is 1. The minimum absolute atomic E-state index is 0.0882. The molecule has 4 rings (SSSR count). The highest BCUT2D eigenvalue weighted by atomic mass is 16.3. The Balaban J connectivity index is 1.97. The van der Waals surface area contributed by atoms with Crippen LogP contribution in [0.2, 0.25) is 0 Å². The Kier molecular flexibility index (Phi) is 1.25. The van der Waals surface area contributed by atoms with Gasteiger partial charge in [0.15, 0.2) is 0 Å². The van der Waals surface area contributed by atoms with Crippen LogP contribution >= 0.6 is 0 Å². The van der Waals surface area contributed by atoms with Crippen molar-refractivity contribution in [2.24, 2.45) is 23.5 Å². The van der Waals surface area contributed by atoms with Crippen LogP contribution in [0.1, 0.15) is 32.1 Å². The zero-order chi connectivity index (χ0) is 8.34. The molecule has 0 unspecified atom stereocenters. The van der Waals surface area contributed by atoms with Gasteiger partial charge in [0.25, 0.3) is 0 Å². The molecule has 0 radical (unpaired) electrons. The summed E-state index contributed by atoms with van der Waals surface area (Å²) in [5, 5.41) is 10.2. The van der Waals surface area contributed by atoms with E-state index in [1.165, 1.54) is 19.3 Å². The van der Waals surface area contributed by atoms with E-state index >= 15 is 0 Å². The van der Waals surface area contributed by atoms with Crippen LogP contribution in [0.3, 0.4) is 0 Å². The maximum Gasteiger partial charge on any atom is 0.0805 e. The van der Waals surface area contributed by atoms with Gasteiger partial charge in [-0.2, -0.15) is 0 Å². The van der Waals surface area contributed by atoms with Crippen molar-refractivity contribution >= 4 is 0 Å². The van der Waals surface area contributed by atoms with Crippen molar-refractivity contribution in [2.45, 2.75) is 43.7 Å². The summed E-state index contributed by atoms with van der Waals surface area (Å²) in [6, 6.07) is 0.0882. The molecule has 4 saturated carbocycles. The highest BCUT2D eigenvalue weighted by Gasteiger charge is 2.54. The molecule has 2 heteroatoms. The number of nitrogens with two attached hydrogens (primary N) is 1. The van der Waals surface area contributed by atoms with Crippen LogP contribution in [0.25, 0.3) is 0 Å². The summed E-state index contributed by atoms with van der Waals surface area (Å²) < 4.78 is 0. The molecular formula is C10H17NO. The van der Waals surface area contributed by atoms with E-state index < -0.39 is 5.60 Å². The molecule has 4 aliphatic rings. The fourth-order valence-electron chi connectivity index (χ4n) is 4.04. The topological polar surface area (TPSA) is 46.2 Å². The van der Waals surface area contributed by atoms with Gasteiger partial charge in [-0.25, -0.2) is 0 Å². The Morgan fingerprint density at radius 2 is 1.67 bits per heavy atom. The molecule has 0 amide bonds. The Bertz CT molecular complexity index is 202. The summed E-state index contributed by atoms with van der Waals surface area (Å²) >= 11 is 0. The smallest absolute Gasteiger partial charge is 0.0805 e. The standard InChI is InChI=1S/C10H17NO/c11-9-8-2-6-1-7(3-8)5-10(9,12)4-6/h6-9,12H,1-5,11H2/t6-,7-,8?,9+,10?/m0/s1. The van der Waals surface area contributed by atoms with Crippen LogP contribution in [0.5, 0.6) is 0 Å². The zero-order valence-corrected chi connectivity index (χ0v) is 7.37. The molecule has 12 heavy (non-hydrogen) atoms. The molecule has 2 nitrogen and oxygen atoms in total. The lowest BCUT2D eigenvalue weighted by molar-refractivity contribution is -0.139. The summed E-state index contributed by atoms with van der Waals surface area (Å²) in [4.78, 5) is 0. The first-order chi connectivity index (χ1) is 5.67. The van der Waals surface area contributed by atoms with Gasteiger partial charge in [-0.1, -0.05) is 0 Å². The second kappa shape index (κ2) is 2.05. The third-order valence-corrected chi connectivity index (χ3v) is 4.35. The third kappa shape index (κ3) is 0.775. The van der Waals surface area contributed by atoms with Crippen molar-refractivity contribution in [3.8, 4) is 0 Å². The second-order valence-electron chi connectivity index (χ2n) is 5.24. The molecule has 68 valence electrons. The first-order valence-electron chi connectivity index (χ1n) is 5.15. The fourth-order valence-corrected chi connectivity index (χ4v) is 4.04. The predicted octanol–water partition coefficient (Wildman–Crippen LogP) is 0.885. The van der Waals surface area contributed by atoms with Crippen LogP contribution in [0.15, 0.2) is 0 Å². The minimum atomic E-state index is -0.464. The predicted molar refractivity (Wildman–Crippen MR) is 46.5 cm³/mol. The number of hydrogen-bond acceptors (Lipinski definition) is 2. The van der Waals surface area contributed by atoms with Crippen molar-refractivity contribution in [3.63, 3.8) is 0 Å². The zero-order valence-electron chi connectivity index (χ0n) is 7.37. The van der Waals surface area contributed by atoms with E-state index in [4.69, 9.17) is 5.73 Å². The lowest BCUT2D eigenvalue weighted by Gasteiger charge is -2.57. The summed E-state index contributed by atoms with van der Waals surface area (Å²) in [5.74, 6) is 2.24. The van der Waals surface area contributed by atoms with Gasteiger partial charge >= 0.3 is 0 Å². The van der Waals surface area contributed by atoms with E-state index in [1.54, 1.807) is 0 Å². The van der Waals surface area contributed by atoms with Gasteiger partial charge in [0, 0.05) is 6.04 Å². The molecular weight excluding hydrogens is 150 g/mol. The maximum atomic E-state index is 10.2. The van der Waals surface area contributed by atoms with E-state index in [1.807, 2.05) is 0 Å². The van der Waals surface area contributed by atoms with Crippen LogP contribution in [0.4, 0.5) is 0 Å². The van der Waals surface area contributed by atoms with Crippen LogP contribution in [-0.4, -0.2) is 16.7 Å². The van der Waals surface area contributed by atoms with Gasteiger partial charge < -0.3 is 10.8 Å². The highest BCUT2D eigenvalue weighted by molar-refractivity contribution is 5.08. The van der Waals surface area contributed by atoms with E-state index in [9.17, 15) is 5.11 Å². The van der Waals surface area contributed by atoms with Gasteiger partial charge in [0.05, 0.1) is 5.60 Å². The van der Waals surface area contributed by atoms with Crippen LogP contribution < -0.4 is 5.73 Å². The summed E-state index contributed by atoms with van der Waals surface area (Å²) in [6.07, 6.45) is 5.92. The Labute approximate surface area is 73.1 Å². The maximum absolute atomic E-state index is 10.2. The fraction of sp³-hybridized carbons (Fsp3) is 1.00. The summed E-state index contributed by atoms with van der Waals surface area (Å²) in [6.45, 7) is 0. The van der Waals surface area contributed by atoms with Gasteiger partial charge in [-0.05, 0) is 49.9 Å². The van der Waals surface area contributed by atoms with E-state index in [0.717, 1.165) is 24.7 Å². The number of hydrogen-bond donors (Lipinski definition) is 2. The Morgan fingerprint density at radius 3 is 2.17 bits per heavy atom. The molecule has 0 aliphatic heterocycles. The van der Waals surface area contributed by atoms with Crippen molar-refractivity contribution in [2.75, 3.05) is 0 Å². The lowest BCUT2D eigenvalue weighted by atomic mass is 9.52. The summed E-state index contributed by atoms with van der Waals surface area (Å²) in [5.41, 5.74) is 5.59. The molecule has 3 atom stereocenters. The first-order valence-corrected chi connectivity index (χ1v) is 5.15. The monoisotopic (exact) mass is 167 g/mol. The average molecular weight is 167 g/mol. The lowest BCUT2D eigenvalue weighted by Crippen LogP contribution is -2.63. The van der Waals surface area contributed by atoms with E-state index in [2.05, 4.69) is 0 Å². The normalized spacial score (nSPS) is 62.5. The van der Waals surface area contributed by atoms with Crippen molar-refractivity contribution in [1.29, 1.82) is 0 Å². The molecule has 0 aromatic carbocycles. The highest BCUT2D eigenvalue weighted by Crippen LogP contribution is 2.54. The van der Waals surface area contributed by atoms with Crippen LogP contribution in [0, 0.1) is 17.8 Å². The SMILES string of the molecule is N[C@@H]1C2C[C@@H]3C[C@@H](C2)CC1(O)C3. The van der Waals surface area contributed by atoms with Crippen LogP contribution in [-0.2, 0) is 0 Å². The molecule has 0 spiro atoms. The van der Waals surface area contributed by atoms with E-state index in [0.29, 0.717) is 5.92 Å². The van der Waals surface area contributed by atoms with Crippen molar-refractivity contribution < 1.29 is 5.11 Å². The summed E-state index contributed by atoms with van der Waals surface area (Å²) in [7, 11) is 0. The molecule has 4 bridgehead atoms. The molecule has 0 aromatic heterocycles. The molecule has 0 heterocycles. The second-order valence-corrected chi connectivity index (χ2v) is 5.24. The largest absolute Gasteiger partial charge is 0.388 e. The first kappa shape index (κ1) is 7.34. The van der Waals surface area contributed by atoms with E-state index in [-0.39, 0.29) is 6.04 Å². The molecule has 3 N–H and O–H groups in total. The Hall–Kier alpha value is -0.0800. The van der Waals surface area contributed by atoms with Gasteiger partial charge in [0.2, 0.25) is 0 Å². The molecule has 4 aliphatic carbocycles. The molecule has 0 aromatic rings. The average Bonchev–Trinajstić information content (AvgIpc) is 1.98. The quantitative estimate of drug-likeness (QED) is 0.562.